The van der Waals surface area contributed by atoms with E-state index in [9.17, 15) is 0 Å². The summed E-state index contributed by atoms with van der Waals surface area (Å²) < 4.78 is 0. The molecular formula is C12H17ClN2. The van der Waals surface area contributed by atoms with Gasteiger partial charge in [-0.25, -0.2) is 0 Å². The van der Waals surface area contributed by atoms with Gasteiger partial charge in [0, 0.05) is 16.9 Å². The molecule has 1 aromatic heterocycles. The van der Waals surface area contributed by atoms with Crippen molar-refractivity contribution in [3.8, 4) is 0 Å². The molecule has 1 fully saturated rings. The van der Waals surface area contributed by atoms with Crippen LogP contribution in [0, 0.1) is 0 Å². The summed E-state index contributed by atoms with van der Waals surface area (Å²) in [6.07, 6.45) is 6.75. The Morgan fingerprint density at radius 3 is 2.87 bits per heavy atom. The van der Waals surface area contributed by atoms with Crippen molar-refractivity contribution < 1.29 is 0 Å². The number of rotatable bonds is 4. The van der Waals surface area contributed by atoms with Gasteiger partial charge in [0.1, 0.15) is 0 Å². The van der Waals surface area contributed by atoms with Crippen LogP contribution in [0.1, 0.15) is 25.0 Å². The molecule has 0 unspecified atom stereocenters. The van der Waals surface area contributed by atoms with Crippen molar-refractivity contribution in [1.82, 2.24) is 9.88 Å². The molecule has 0 N–H and O–H groups in total. The molecule has 1 saturated heterocycles. The lowest BCUT2D eigenvalue weighted by Crippen LogP contribution is -2.20. The van der Waals surface area contributed by atoms with Gasteiger partial charge in [-0.15, -0.1) is 0 Å². The van der Waals surface area contributed by atoms with E-state index in [1.807, 2.05) is 12.1 Å². The van der Waals surface area contributed by atoms with E-state index in [1.165, 1.54) is 38.9 Å². The summed E-state index contributed by atoms with van der Waals surface area (Å²) in [5.41, 5.74) is 1.11. The third-order valence-corrected chi connectivity index (χ3v) is 3.12. The van der Waals surface area contributed by atoms with Crippen LogP contribution < -0.4 is 0 Å². The third-order valence-electron chi connectivity index (χ3n) is 2.88. The smallest absolute Gasteiger partial charge is 0.0439 e. The summed E-state index contributed by atoms with van der Waals surface area (Å²) in [5, 5.41) is 0.793. The van der Waals surface area contributed by atoms with Crippen molar-refractivity contribution in [3.63, 3.8) is 0 Å². The second kappa shape index (κ2) is 5.47. The highest BCUT2D eigenvalue weighted by Gasteiger charge is 2.10. The van der Waals surface area contributed by atoms with E-state index in [0.717, 1.165) is 17.1 Å². The maximum Gasteiger partial charge on any atom is 0.0439 e. The standard InChI is InChI=1S/C12H17ClN2/c13-11-5-6-14-12(10-11)4-3-9-15-7-1-2-8-15/h5-6,10H,1-4,7-9H2. The molecule has 1 aromatic rings. The maximum atomic E-state index is 5.90. The third kappa shape index (κ3) is 3.47. The van der Waals surface area contributed by atoms with Crippen molar-refractivity contribution in [3.05, 3.63) is 29.0 Å². The number of nitrogens with zero attached hydrogens (tertiary/aromatic N) is 2. The topological polar surface area (TPSA) is 16.1 Å². The summed E-state index contributed by atoms with van der Waals surface area (Å²) in [7, 11) is 0. The summed E-state index contributed by atoms with van der Waals surface area (Å²) in [6.45, 7) is 3.76. The summed E-state index contributed by atoms with van der Waals surface area (Å²) in [5.74, 6) is 0. The Bertz CT molecular complexity index is 308. The van der Waals surface area contributed by atoms with E-state index in [1.54, 1.807) is 6.20 Å². The minimum atomic E-state index is 0.793. The molecule has 0 spiro atoms. The average molecular weight is 225 g/mol. The molecule has 0 bridgehead atoms. The highest BCUT2D eigenvalue weighted by molar-refractivity contribution is 6.30. The van der Waals surface area contributed by atoms with E-state index in [2.05, 4.69) is 9.88 Å². The first-order valence-electron chi connectivity index (χ1n) is 5.67. The molecule has 2 rings (SSSR count). The van der Waals surface area contributed by atoms with Crippen LogP contribution in [0.15, 0.2) is 18.3 Å². The van der Waals surface area contributed by atoms with Gasteiger partial charge in [0.2, 0.25) is 0 Å². The Balaban J connectivity index is 1.73. The molecular weight excluding hydrogens is 208 g/mol. The second-order valence-corrected chi connectivity index (χ2v) is 4.55. The van der Waals surface area contributed by atoms with Gasteiger partial charge in [-0.3, -0.25) is 4.98 Å². The van der Waals surface area contributed by atoms with Crippen LogP contribution in [0.5, 0.6) is 0 Å². The lowest BCUT2D eigenvalue weighted by Gasteiger charge is -2.13. The molecule has 82 valence electrons. The monoisotopic (exact) mass is 224 g/mol. The molecule has 2 heterocycles. The molecule has 1 aliphatic heterocycles. The minimum absolute atomic E-state index is 0.793. The number of hydrogen-bond donors (Lipinski definition) is 0. The first-order valence-corrected chi connectivity index (χ1v) is 6.05. The molecule has 0 atom stereocenters. The molecule has 1 aliphatic rings. The predicted octanol–water partition coefficient (Wildman–Crippen LogP) is 2.76. The zero-order valence-corrected chi connectivity index (χ0v) is 9.71. The molecule has 15 heavy (non-hydrogen) atoms. The number of hydrogen-bond acceptors (Lipinski definition) is 2. The molecule has 0 aromatic carbocycles. The Labute approximate surface area is 96.3 Å². The van der Waals surface area contributed by atoms with Gasteiger partial charge >= 0.3 is 0 Å². The minimum Gasteiger partial charge on any atom is -0.303 e. The summed E-state index contributed by atoms with van der Waals surface area (Å²) in [6, 6.07) is 3.79. The Morgan fingerprint density at radius 1 is 1.33 bits per heavy atom. The van der Waals surface area contributed by atoms with E-state index >= 15 is 0 Å². The summed E-state index contributed by atoms with van der Waals surface area (Å²) in [4.78, 5) is 6.83. The van der Waals surface area contributed by atoms with Gasteiger partial charge in [-0.1, -0.05) is 11.6 Å². The fourth-order valence-electron chi connectivity index (χ4n) is 2.08. The first kappa shape index (κ1) is 10.9. The zero-order valence-electron chi connectivity index (χ0n) is 8.95. The largest absolute Gasteiger partial charge is 0.303 e. The Morgan fingerprint density at radius 2 is 2.13 bits per heavy atom. The van der Waals surface area contributed by atoms with Crippen LogP contribution in [0.25, 0.3) is 0 Å². The predicted molar refractivity (Wildman–Crippen MR) is 63.2 cm³/mol. The van der Waals surface area contributed by atoms with Crippen LogP contribution >= 0.6 is 11.6 Å². The SMILES string of the molecule is Clc1ccnc(CCCN2CCCC2)c1. The van der Waals surface area contributed by atoms with Crippen LogP contribution in [-0.4, -0.2) is 29.5 Å². The van der Waals surface area contributed by atoms with Crippen molar-refractivity contribution in [2.45, 2.75) is 25.7 Å². The molecule has 2 nitrogen and oxygen atoms in total. The van der Waals surface area contributed by atoms with Crippen LogP contribution in [0.2, 0.25) is 5.02 Å². The molecule has 0 amide bonds. The molecule has 3 heteroatoms. The number of pyridine rings is 1. The van der Waals surface area contributed by atoms with E-state index in [0.29, 0.717) is 0 Å². The Hall–Kier alpha value is -0.600. The van der Waals surface area contributed by atoms with Gasteiger partial charge in [0.05, 0.1) is 0 Å². The van der Waals surface area contributed by atoms with Crippen molar-refractivity contribution >= 4 is 11.6 Å². The van der Waals surface area contributed by atoms with Gasteiger partial charge in [-0.05, 0) is 57.5 Å². The van der Waals surface area contributed by atoms with Crippen LogP contribution in [0.3, 0.4) is 0 Å². The zero-order chi connectivity index (χ0) is 10.5. The number of aryl methyl sites for hydroxylation is 1. The maximum absolute atomic E-state index is 5.90. The normalized spacial score (nSPS) is 17.1. The lowest BCUT2D eigenvalue weighted by molar-refractivity contribution is 0.333. The molecule has 0 radical (unpaired) electrons. The quantitative estimate of drug-likeness (QED) is 0.782. The summed E-state index contributed by atoms with van der Waals surface area (Å²) >= 11 is 5.90. The first-order chi connectivity index (χ1) is 7.34. The number of aromatic nitrogens is 1. The fraction of sp³-hybridized carbons (Fsp3) is 0.583. The molecule has 0 aliphatic carbocycles. The van der Waals surface area contributed by atoms with Crippen LogP contribution in [-0.2, 0) is 6.42 Å². The van der Waals surface area contributed by atoms with Crippen molar-refractivity contribution in [2.75, 3.05) is 19.6 Å². The number of halogens is 1. The Kier molecular flexibility index (Phi) is 3.98. The highest BCUT2D eigenvalue weighted by Crippen LogP contribution is 2.11. The molecule has 0 saturated carbocycles. The highest BCUT2D eigenvalue weighted by atomic mass is 35.5. The van der Waals surface area contributed by atoms with Crippen molar-refractivity contribution in [2.24, 2.45) is 0 Å². The van der Waals surface area contributed by atoms with Crippen LogP contribution in [0.4, 0.5) is 0 Å². The fourth-order valence-corrected chi connectivity index (χ4v) is 2.26. The number of likely N-dealkylation sites (tertiary alicyclic amines) is 1. The van der Waals surface area contributed by atoms with Crippen molar-refractivity contribution in [1.29, 1.82) is 0 Å². The lowest BCUT2D eigenvalue weighted by atomic mass is 10.2. The van der Waals surface area contributed by atoms with E-state index in [-0.39, 0.29) is 0 Å². The average Bonchev–Trinajstić information content (AvgIpc) is 2.71. The van der Waals surface area contributed by atoms with E-state index < -0.39 is 0 Å². The van der Waals surface area contributed by atoms with Gasteiger partial charge < -0.3 is 4.90 Å². The van der Waals surface area contributed by atoms with Gasteiger partial charge in [0.25, 0.3) is 0 Å². The second-order valence-electron chi connectivity index (χ2n) is 4.12. The van der Waals surface area contributed by atoms with E-state index in [4.69, 9.17) is 11.6 Å². The van der Waals surface area contributed by atoms with Gasteiger partial charge in [-0.2, -0.15) is 0 Å². The van der Waals surface area contributed by atoms with Gasteiger partial charge in [0.15, 0.2) is 0 Å².